The van der Waals surface area contributed by atoms with Crippen LogP contribution in [0.25, 0.3) is 0 Å². The molecule has 0 aliphatic heterocycles. The number of nitrogens with two attached hydrogens (primary N) is 1. The van der Waals surface area contributed by atoms with Crippen LogP contribution in [-0.2, 0) is 10.0 Å². The van der Waals surface area contributed by atoms with Gasteiger partial charge in [-0.15, -0.1) is 12.4 Å². The van der Waals surface area contributed by atoms with E-state index < -0.39 is 10.0 Å². The number of pyridine rings is 1. The summed E-state index contributed by atoms with van der Waals surface area (Å²) in [5.41, 5.74) is 6.48. The lowest BCUT2D eigenvalue weighted by atomic mass is 10.3. The van der Waals surface area contributed by atoms with Crippen molar-refractivity contribution in [3.63, 3.8) is 0 Å². The molecule has 0 unspecified atom stereocenters. The number of anilines is 4. The van der Waals surface area contributed by atoms with Gasteiger partial charge in [0.15, 0.2) is 0 Å². The molecule has 9 heteroatoms. The Kier molecular flexibility index (Phi) is 5.84. The SMILES string of the molecule is CNc1cc(NS(=O)(=O)c2ccc(N)cc2)cc(NC)n1.Cl. The summed E-state index contributed by atoms with van der Waals surface area (Å²) in [4.78, 5) is 4.36. The summed E-state index contributed by atoms with van der Waals surface area (Å²) in [6, 6.07) is 9.21. The van der Waals surface area contributed by atoms with Gasteiger partial charge in [0.2, 0.25) is 0 Å². The first-order chi connectivity index (χ1) is 9.94. The molecule has 2 aromatic rings. The zero-order valence-electron chi connectivity index (χ0n) is 12.1. The molecule has 1 aromatic heterocycles. The molecule has 2 rings (SSSR count). The molecule has 0 bridgehead atoms. The van der Waals surface area contributed by atoms with Crippen molar-refractivity contribution in [2.45, 2.75) is 4.90 Å². The Hall–Kier alpha value is -2.19. The molecule has 22 heavy (non-hydrogen) atoms. The van der Waals surface area contributed by atoms with Crippen LogP contribution in [0.4, 0.5) is 23.0 Å². The highest BCUT2D eigenvalue weighted by Gasteiger charge is 2.14. The normalized spacial score (nSPS) is 10.5. The van der Waals surface area contributed by atoms with Gasteiger partial charge in [-0.1, -0.05) is 0 Å². The zero-order chi connectivity index (χ0) is 15.5. The second-order valence-corrected chi connectivity index (χ2v) is 5.98. The fourth-order valence-corrected chi connectivity index (χ4v) is 2.75. The number of nitrogens with one attached hydrogen (secondary N) is 3. The third-order valence-corrected chi connectivity index (χ3v) is 4.18. The molecule has 0 aliphatic rings. The van der Waals surface area contributed by atoms with Gasteiger partial charge in [0, 0.05) is 31.9 Å². The average Bonchev–Trinajstić information content (AvgIpc) is 2.46. The molecule has 0 radical (unpaired) electrons. The molecule has 0 fully saturated rings. The van der Waals surface area contributed by atoms with Gasteiger partial charge in [-0.2, -0.15) is 0 Å². The lowest BCUT2D eigenvalue weighted by molar-refractivity contribution is 0.601. The minimum atomic E-state index is -3.67. The Labute approximate surface area is 135 Å². The minimum Gasteiger partial charge on any atom is -0.399 e. The van der Waals surface area contributed by atoms with Crippen molar-refractivity contribution in [2.24, 2.45) is 0 Å². The molecule has 0 atom stereocenters. The highest BCUT2D eigenvalue weighted by atomic mass is 35.5. The van der Waals surface area contributed by atoms with Crippen molar-refractivity contribution < 1.29 is 8.42 Å². The number of nitrogen functional groups attached to an aromatic ring is 1. The third kappa shape index (κ3) is 4.15. The summed E-state index contributed by atoms with van der Waals surface area (Å²) in [6.07, 6.45) is 0. The summed E-state index contributed by atoms with van der Waals surface area (Å²) in [6.45, 7) is 0. The smallest absolute Gasteiger partial charge is 0.261 e. The second kappa shape index (κ2) is 7.19. The first-order valence-electron chi connectivity index (χ1n) is 6.20. The van der Waals surface area contributed by atoms with Gasteiger partial charge < -0.3 is 16.4 Å². The van der Waals surface area contributed by atoms with E-state index in [1.54, 1.807) is 38.4 Å². The number of nitrogens with zero attached hydrogens (tertiary/aromatic N) is 1. The van der Waals surface area contributed by atoms with Gasteiger partial charge in [0.25, 0.3) is 10.0 Å². The topological polar surface area (TPSA) is 109 Å². The molecule has 1 aromatic carbocycles. The fourth-order valence-electron chi connectivity index (χ4n) is 1.71. The molecule has 120 valence electrons. The molecule has 5 N–H and O–H groups in total. The van der Waals surface area contributed by atoms with E-state index in [4.69, 9.17) is 5.73 Å². The molecular formula is C13H18ClN5O2S. The maximum absolute atomic E-state index is 12.3. The Morgan fingerprint density at radius 2 is 1.50 bits per heavy atom. The Balaban J connectivity index is 0.00000242. The lowest BCUT2D eigenvalue weighted by Crippen LogP contribution is -2.13. The molecule has 0 aliphatic carbocycles. The summed E-state index contributed by atoms with van der Waals surface area (Å²) in [5.74, 6) is 1.11. The van der Waals surface area contributed by atoms with Gasteiger partial charge >= 0.3 is 0 Å². The first-order valence-corrected chi connectivity index (χ1v) is 7.69. The van der Waals surface area contributed by atoms with Crippen molar-refractivity contribution in [3.05, 3.63) is 36.4 Å². The summed E-state index contributed by atoms with van der Waals surface area (Å²) in [5, 5.41) is 5.75. The van der Waals surface area contributed by atoms with Crippen LogP contribution in [0.3, 0.4) is 0 Å². The highest BCUT2D eigenvalue weighted by Crippen LogP contribution is 2.22. The summed E-state index contributed by atoms with van der Waals surface area (Å²) >= 11 is 0. The number of rotatable bonds is 5. The van der Waals surface area contributed by atoms with E-state index in [2.05, 4.69) is 20.3 Å². The second-order valence-electron chi connectivity index (χ2n) is 4.30. The van der Waals surface area contributed by atoms with E-state index in [0.29, 0.717) is 23.0 Å². The summed E-state index contributed by atoms with van der Waals surface area (Å²) in [7, 11) is -0.252. The van der Waals surface area contributed by atoms with E-state index in [0.717, 1.165) is 0 Å². The van der Waals surface area contributed by atoms with Crippen LogP contribution in [0, 0.1) is 0 Å². The quantitative estimate of drug-likeness (QED) is 0.618. The maximum atomic E-state index is 12.3. The molecule has 0 spiro atoms. The number of benzene rings is 1. The van der Waals surface area contributed by atoms with Crippen LogP contribution in [0.2, 0.25) is 0 Å². The Morgan fingerprint density at radius 3 is 1.95 bits per heavy atom. The molecule has 1 heterocycles. The molecule has 7 nitrogen and oxygen atoms in total. The van der Waals surface area contributed by atoms with Gasteiger partial charge in [-0.05, 0) is 24.3 Å². The number of aromatic nitrogens is 1. The Morgan fingerprint density at radius 1 is 1.00 bits per heavy atom. The van der Waals surface area contributed by atoms with Crippen LogP contribution in [0.5, 0.6) is 0 Å². The van der Waals surface area contributed by atoms with Gasteiger partial charge in [0.1, 0.15) is 11.6 Å². The van der Waals surface area contributed by atoms with Crippen molar-refractivity contribution in [3.8, 4) is 0 Å². The van der Waals surface area contributed by atoms with E-state index in [-0.39, 0.29) is 17.3 Å². The van der Waals surface area contributed by atoms with Crippen molar-refractivity contribution in [1.29, 1.82) is 0 Å². The average molecular weight is 344 g/mol. The van der Waals surface area contributed by atoms with Crippen LogP contribution in [0.15, 0.2) is 41.3 Å². The highest BCUT2D eigenvalue weighted by molar-refractivity contribution is 7.92. The lowest BCUT2D eigenvalue weighted by Gasteiger charge is -2.11. The van der Waals surface area contributed by atoms with Crippen LogP contribution in [0.1, 0.15) is 0 Å². The standard InChI is InChI=1S/C13H17N5O2S.ClH/c1-15-12-7-10(8-13(16-2)17-12)18-21(19,20)11-5-3-9(14)4-6-11;/h3-8H,14H2,1-2H3,(H3,15,16,17,18);1H. The predicted molar refractivity (Wildman–Crippen MR) is 92.2 cm³/mol. The molecule has 0 saturated heterocycles. The number of sulfonamides is 1. The molecular weight excluding hydrogens is 326 g/mol. The van der Waals surface area contributed by atoms with Crippen LogP contribution >= 0.6 is 12.4 Å². The fraction of sp³-hybridized carbons (Fsp3) is 0.154. The van der Waals surface area contributed by atoms with Crippen LogP contribution < -0.4 is 21.1 Å². The van der Waals surface area contributed by atoms with E-state index in [1.165, 1.54) is 12.1 Å². The predicted octanol–water partition coefficient (Wildman–Crippen LogP) is 1.97. The molecule has 0 amide bonds. The van der Waals surface area contributed by atoms with Crippen molar-refractivity contribution >= 4 is 45.4 Å². The molecule has 0 saturated carbocycles. The maximum Gasteiger partial charge on any atom is 0.261 e. The third-order valence-electron chi connectivity index (χ3n) is 2.78. The largest absolute Gasteiger partial charge is 0.399 e. The van der Waals surface area contributed by atoms with Crippen molar-refractivity contribution in [2.75, 3.05) is 35.2 Å². The Bertz CT molecular complexity index is 712. The van der Waals surface area contributed by atoms with Gasteiger partial charge in [-0.25, -0.2) is 13.4 Å². The number of halogens is 1. The van der Waals surface area contributed by atoms with Crippen LogP contribution in [-0.4, -0.2) is 27.5 Å². The van der Waals surface area contributed by atoms with E-state index in [1.807, 2.05) is 0 Å². The zero-order valence-corrected chi connectivity index (χ0v) is 13.8. The van der Waals surface area contributed by atoms with E-state index >= 15 is 0 Å². The van der Waals surface area contributed by atoms with E-state index in [9.17, 15) is 8.42 Å². The minimum absolute atomic E-state index is 0. The van der Waals surface area contributed by atoms with Gasteiger partial charge in [-0.3, -0.25) is 4.72 Å². The van der Waals surface area contributed by atoms with Gasteiger partial charge in [0.05, 0.1) is 10.6 Å². The number of hydrogen-bond acceptors (Lipinski definition) is 6. The van der Waals surface area contributed by atoms with Crippen molar-refractivity contribution in [1.82, 2.24) is 4.98 Å². The number of hydrogen-bond donors (Lipinski definition) is 4. The monoisotopic (exact) mass is 343 g/mol. The summed E-state index contributed by atoms with van der Waals surface area (Å²) < 4.78 is 27.1. The first kappa shape index (κ1) is 17.9.